The van der Waals surface area contributed by atoms with Gasteiger partial charge in [-0.1, -0.05) is 30.3 Å². The van der Waals surface area contributed by atoms with Gasteiger partial charge < -0.3 is 9.47 Å². The Morgan fingerprint density at radius 3 is 2.24 bits per heavy atom. The minimum absolute atomic E-state index is 0.112. The van der Waals surface area contributed by atoms with Crippen molar-refractivity contribution in [2.24, 2.45) is 0 Å². The quantitative estimate of drug-likeness (QED) is 0.770. The predicted octanol–water partition coefficient (Wildman–Crippen LogP) is 4.01. The standard InChI is InChI=1S/C18H20O3/c1-14(19)12-15(2)21-18-10-8-17(9-11-18)20-13-16-6-4-3-5-7-16/h3-11,15H,12-13H2,1-2H3. The van der Waals surface area contributed by atoms with E-state index in [1.54, 1.807) is 6.92 Å². The number of rotatable bonds is 7. The van der Waals surface area contributed by atoms with Crippen molar-refractivity contribution in [1.29, 1.82) is 0 Å². The first kappa shape index (κ1) is 15.1. The van der Waals surface area contributed by atoms with E-state index in [2.05, 4.69) is 0 Å². The van der Waals surface area contributed by atoms with Gasteiger partial charge in [0.1, 0.15) is 30.0 Å². The third-order valence-electron chi connectivity index (χ3n) is 2.98. The highest BCUT2D eigenvalue weighted by Gasteiger charge is 2.07. The van der Waals surface area contributed by atoms with Crippen LogP contribution >= 0.6 is 0 Å². The van der Waals surface area contributed by atoms with Gasteiger partial charge in [0, 0.05) is 6.42 Å². The van der Waals surface area contributed by atoms with Crippen LogP contribution in [0.5, 0.6) is 11.5 Å². The molecule has 0 bridgehead atoms. The average Bonchev–Trinajstić information content (AvgIpc) is 2.47. The molecule has 2 aromatic rings. The molecule has 3 heteroatoms. The minimum Gasteiger partial charge on any atom is -0.490 e. The van der Waals surface area contributed by atoms with Gasteiger partial charge in [-0.3, -0.25) is 4.79 Å². The van der Waals surface area contributed by atoms with Gasteiger partial charge in [-0.2, -0.15) is 0 Å². The van der Waals surface area contributed by atoms with Crippen LogP contribution in [-0.2, 0) is 11.4 Å². The molecule has 0 heterocycles. The van der Waals surface area contributed by atoms with Crippen LogP contribution in [0.4, 0.5) is 0 Å². The highest BCUT2D eigenvalue weighted by molar-refractivity contribution is 5.75. The first-order valence-corrected chi connectivity index (χ1v) is 7.06. The number of carbonyl (C=O) groups is 1. The lowest BCUT2D eigenvalue weighted by Gasteiger charge is -2.13. The molecule has 1 atom stereocenters. The molecular formula is C18H20O3. The molecule has 2 rings (SSSR count). The summed E-state index contributed by atoms with van der Waals surface area (Å²) in [5.74, 6) is 1.67. The second kappa shape index (κ2) is 7.48. The van der Waals surface area contributed by atoms with Gasteiger partial charge in [0.2, 0.25) is 0 Å². The molecule has 0 amide bonds. The van der Waals surface area contributed by atoms with Crippen molar-refractivity contribution in [3.8, 4) is 11.5 Å². The predicted molar refractivity (Wildman–Crippen MR) is 82.6 cm³/mol. The Labute approximate surface area is 125 Å². The Balaban J connectivity index is 1.85. The molecule has 1 unspecified atom stereocenters. The number of carbonyl (C=O) groups excluding carboxylic acids is 1. The number of ether oxygens (including phenoxy) is 2. The van der Waals surface area contributed by atoms with E-state index in [0.717, 1.165) is 17.1 Å². The summed E-state index contributed by atoms with van der Waals surface area (Å²) in [6.07, 6.45) is 0.310. The fraction of sp³-hybridized carbons (Fsp3) is 0.278. The summed E-state index contributed by atoms with van der Waals surface area (Å²) in [6, 6.07) is 17.5. The van der Waals surface area contributed by atoms with Gasteiger partial charge in [-0.25, -0.2) is 0 Å². The van der Waals surface area contributed by atoms with Crippen molar-refractivity contribution in [3.63, 3.8) is 0 Å². The van der Waals surface area contributed by atoms with Crippen molar-refractivity contribution >= 4 is 5.78 Å². The van der Waals surface area contributed by atoms with Crippen LogP contribution in [0.3, 0.4) is 0 Å². The monoisotopic (exact) mass is 284 g/mol. The molecule has 0 saturated heterocycles. The summed E-state index contributed by atoms with van der Waals surface area (Å²) >= 11 is 0. The topological polar surface area (TPSA) is 35.5 Å². The van der Waals surface area contributed by atoms with Gasteiger partial charge in [0.15, 0.2) is 0 Å². The van der Waals surface area contributed by atoms with E-state index in [-0.39, 0.29) is 11.9 Å². The Bertz CT molecular complexity index is 561. The van der Waals surface area contributed by atoms with Crippen LogP contribution in [0.15, 0.2) is 54.6 Å². The Hall–Kier alpha value is -2.29. The zero-order valence-electron chi connectivity index (χ0n) is 12.4. The molecule has 0 aliphatic carbocycles. The van der Waals surface area contributed by atoms with Crippen LogP contribution in [0.1, 0.15) is 25.8 Å². The second-order valence-electron chi connectivity index (χ2n) is 5.08. The molecule has 0 aromatic heterocycles. The molecule has 0 saturated carbocycles. The minimum atomic E-state index is -0.112. The average molecular weight is 284 g/mol. The van der Waals surface area contributed by atoms with Crippen LogP contribution in [0.2, 0.25) is 0 Å². The SMILES string of the molecule is CC(=O)CC(C)Oc1ccc(OCc2ccccc2)cc1. The van der Waals surface area contributed by atoms with Crippen LogP contribution < -0.4 is 9.47 Å². The van der Waals surface area contributed by atoms with E-state index in [4.69, 9.17) is 9.47 Å². The molecule has 0 spiro atoms. The molecule has 3 nitrogen and oxygen atoms in total. The number of ketones is 1. The molecule has 0 N–H and O–H groups in total. The summed E-state index contributed by atoms with van der Waals surface area (Å²) in [5, 5.41) is 0. The maximum absolute atomic E-state index is 11.0. The van der Waals surface area contributed by atoms with Gasteiger partial charge in [0.05, 0.1) is 0 Å². The van der Waals surface area contributed by atoms with Crippen molar-refractivity contribution in [2.75, 3.05) is 0 Å². The lowest BCUT2D eigenvalue weighted by atomic mass is 10.2. The van der Waals surface area contributed by atoms with E-state index in [0.29, 0.717) is 13.0 Å². The summed E-state index contributed by atoms with van der Waals surface area (Å²) in [6.45, 7) is 4.00. The van der Waals surface area contributed by atoms with Gasteiger partial charge in [-0.15, -0.1) is 0 Å². The van der Waals surface area contributed by atoms with Crippen LogP contribution in [0.25, 0.3) is 0 Å². The maximum atomic E-state index is 11.0. The number of hydrogen-bond donors (Lipinski definition) is 0. The van der Waals surface area contributed by atoms with E-state index >= 15 is 0 Å². The number of Topliss-reactive ketones (excluding diaryl/α,β-unsaturated/α-hetero) is 1. The van der Waals surface area contributed by atoms with E-state index < -0.39 is 0 Å². The highest BCUT2D eigenvalue weighted by atomic mass is 16.5. The smallest absolute Gasteiger partial charge is 0.133 e. The Kier molecular flexibility index (Phi) is 5.38. The number of benzene rings is 2. The van der Waals surface area contributed by atoms with Crippen molar-refractivity contribution < 1.29 is 14.3 Å². The highest BCUT2D eigenvalue weighted by Crippen LogP contribution is 2.20. The van der Waals surface area contributed by atoms with E-state index in [9.17, 15) is 4.79 Å². The summed E-state index contributed by atoms with van der Waals surface area (Å²) in [4.78, 5) is 11.0. The maximum Gasteiger partial charge on any atom is 0.133 e. The normalized spacial score (nSPS) is 11.7. The molecule has 21 heavy (non-hydrogen) atoms. The molecule has 0 aliphatic heterocycles. The van der Waals surface area contributed by atoms with E-state index in [1.165, 1.54) is 0 Å². The summed E-state index contributed by atoms with van der Waals surface area (Å²) in [7, 11) is 0. The largest absolute Gasteiger partial charge is 0.490 e. The Morgan fingerprint density at radius 1 is 1.00 bits per heavy atom. The molecule has 110 valence electrons. The zero-order valence-corrected chi connectivity index (χ0v) is 12.4. The van der Waals surface area contributed by atoms with Crippen molar-refractivity contribution in [3.05, 3.63) is 60.2 Å². The summed E-state index contributed by atoms with van der Waals surface area (Å²) < 4.78 is 11.4. The van der Waals surface area contributed by atoms with Crippen molar-refractivity contribution in [1.82, 2.24) is 0 Å². The lowest BCUT2D eigenvalue weighted by molar-refractivity contribution is -0.118. The fourth-order valence-electron chi connectivity index (χ4n) is 2.03. The third-order valence-corrected chi connectivity index (χ3v) is 2.98. The fourth-order valence-corrected chi connectivity index (χ4v) is 2.03. The third kappa shape index (κ3) is 5.30. The van der Waals surface area contributed by atoms with Gasteiger partial charge in [0.25, 0.3) is 0 Å². The first-order chi connectivity index (χ1) is 10.1. The zero-order chi connectivity index (χ0) is 15.1. The van der Waals surface area contributed by atoms with Crippen LogP contribution in [0, 0.1) is 0 Å². The molecule has 0 radical (unpaired) electrons. The Morgan fingerprint density at radius 2 is 1.62 bits per heavy atom. The molecule has 0 aliphatic rings. The first-order valence-electron chi connectivity index (χ1n) is 7.06. The van der Waals surface area contributed by atoms with E-state index in [1.807, 2.05) is 61.5 Å². The molecule has 2 aromatic carbocycles. The lowest BCUT2D eigenvalue weighted by Crippen LogP contribution is -2.15. The number of hydrogen-bond acceptors (Lipinski definition) is 3. The van der Waals surface area contributed by atoms with Crippen LogP contribution in [-0.4, -0.2) is 11.9 Å². The molecule has 0 fully saturated rings. The summed E-state index contributed by atoms with van der Waals surface area (Å²) in [5.41, 5.74) is 1.13. The second-order valence-corrected chi connectivity index (χ2v) is 5.08. The molecular weight excluding hydrogens is 264 g/mol. The van der Waals surface area contributed by atoms with Crippen molar-refractivity contribution in [2.45, 2.75) is 33.0 Å². The van der Waals surface area contributed by atoms with Gasteiger partial charge >= 0.3 is 0 Å². The van der Waals surface area contributed by atoms with Gasteiger partial charge in [-0.05, 0) is 43.7 Å².